The molecule has 1 amide bonds. The van der Waals surface area contributed by atoms with E-state index in [1.54, 1.807) is 35.2 Å². The first-order chi connectivity index (χ1) is 19.1. The lowest BCUT2D eigenvalue weighted by atomic mass is 10.0. The Hall–Kier alpha value is -3.81. The summed E-state index contributed by atoms with van der Waals surface area (Å²) in [6.45, 7) is 2.91. The van der Waals surface area contributed by atoms with Gasteiger partial charge in [-0.25, -0.2) is 5.01 Å². The minimum absolute atomic E-state index is 0.00268. The highest BCUT2D eigenvalue weighted by Crippen LogP contribution is 2.36. The molecule has 0 aliphatic carbocycles. The van der Waals surface area contributed by atoms with E-state index in [9.17, 15) is 4.79 Å². The number of fused-ring (bicyclic) bond motifs is 1. The van der Waals surface area contributed by atoms with E-state index in [0.717, 1.165) is 33.3 Å². The summed E-state index contributed by atoms with van der Waals surface area (Å²) >= 11 is 3.24. The highest BCUT2D eigenvalue weighted by molar-refractivity contribution is 8.00. The number of carbonyl (C=O) groups excluding carboxylic acids is 1. The van der Waals surface area contributed by atoms with Gasteiger partial charge < -0.3 is 9.30 Å². The van der Waals surface area contributed by atoms with Gasteiger partial charge in [-0.3, -0.25) is 4.79 Å². The number of methoxy groups -OCH3 is 1. The quantitative estimate of drug-likeness (QED) is 0.187. The van der Waals surface area contributed by atoms with Gasteiger partial charge >= 0.3 is 0 Å². The van der Waals surface area contributed by atoms with E-state index in [-0.39, 0.29) is 11.9 Å². The summed E-state index contributed by atoms with van der Waals surface area (Å²) in [7, 11) is 1.66. The zero-order chi connectivity index (χ0) is 26.8. The fourth-order valence-electron chi connectivity index (χ4n) is 5.09. The maximum atomic E-state index is 13.7. The molecule has 0 N–H and O–H groups in total. The number of para-hydroxylation sites is 1. The number of hydrazone groups is 1. The van der Waals surface area contributed by atoms with E-state index >= 15 is 0 Å². The van der Waals surface area contributed by atoms with Gasteiger partial charge in [0.05, 0.1) is 29.5 Å². The molecule has 6 rings (SSSR count). The third-order valence-electron chi connectivity index (χ3n) is 7.01. The lowest BCUT2D eigenvalue weighted by molar-refractivity contribution is -0.130. The van der Waals surface area contributed by atoms with Crippen molar-refractivity contribution >= 4 is 45.6 Å². The van der Waals surface area contributed by atoms with E-state index in [1.807, 2.05) is 35.7 Å². The van der Waals surface area contributed by atoms with Crippen LogP contribution in [0, 0.1) is 6.92 Å². The van der Waals surface area contributed by atoms with Crippen LogP contribution in [-0.4, -0.2) is 34.1 Å². The Balaban J connectivity index is 1.25. The first kappa shape index (κ1) is 25.5. The van der Waals surface area contributed by atoms with Crippen molar-refractivity contribution in [2.45, 2.75) is 30.8 Å². The molecule has 3 heterocycles. The van der Waals surface area contributed by atoms with E-state index in [0.29, 0.717) is 12.2 Å². The van der Waals surface area contributed by atoms with E-state index in [1.165, 1.54) is 22.0 Å². The predicted molar refractivity (Wildman–Crippen MR) is 161 cm³/mol. The minimum Gasteiger partial charge on any atom is -0.497 e. The third kappa shape index (κ3) is 5.37. The molecule has 7 heteroatoms. The molecule has 1 aliphatic rings. The van der Waals surface area contributed by atoms with Crippen molar-refractivity contribution in [2.75, 3.05) is 12.9 Å². The molecule has 0 saturated carbocycles. The number of carbonyl (C=O) groups is 1. The number of hydrogen-bond donors (Lipinski definition) is 0. The summed E-state index contributed by atoms with van der Waals surface area (Å²) in [6, 6.07) is 28.9. The van der Waals surface area contributed by atoms with Crippen molar-refractivity contribution < 1.29 is 9.53 Å². The van der Waals surface area contributed by atoms with Crippen LogP contribution in [0.5, 0.6) is 5.75 Å². The van der Waals surface area contributed by atoms with Gasteiger partial charge in [0.25, 0.3) is 5.91 Å². The molecule has 0 saturated heterocycles. The Bertz CT molecular complexity index is 1640. The van der Waals surface area contributed by atoms with Crippen LogP contribution < -0.4 is 4.74 Å². The lowest BCUT2D eigenvalue weighted by Gasteiger charge is -2.22. The van der Waals surface area contributed by atoms with Crippen LogP contribution in [0.4, 0.5) is 0 Å². The van der Waals surface area contributed by atoms with Crippen LogP contribution in [-0.2, 0) is 11.3 Å². The number of nitrogens with zero attached hydrogens (tertiary/aromatic N) is 3. The lowest BCUT2D eigenvalue weighted by Crippen LogP contribution is -2.28. The number of aromatic nitrogens is 1. The van der Waals surface area contributed by atoms with Crippen molar-refractivity contribution in [3.8, 4) is 5.75 Å². The molecular weight excluding hydrogens is 523 g/mol. The number of benzene rings is 3. The smallest absolute Gasteiger partial charge is 0.253 e. The van der Waals surface area contributed by atoms with Crippen LogP contribution in [0.2, 0.25) is 0 Å². The molecule has 0 fully saturated rings. The highest BCUT2D eigenvalue weighted by Gasteiger charge is 2.33. The van der Waals surface area contributed by atoms with Crippen molar-refractivity contribution in [1.82, 2.24) is 9.58 Å². The van der Waals surface area contributed by atoms with Gasteiger partial charge in [0.2, 0.25) is 0 Å². The highest BCUT2D eigenvalue weighted by atomic mass is 32.2. The van der Waals surface area contributed by atoms with E-state index in [2.05, 4.69) is 72.3 Å². The van der Waals surface area contributed by atoms with Crippen LogP contribution in [0.25, 0.3) is 10.9 Å². The summed E-state index contributed by atoms with van der Waals surface area (Å²) in [5.41, 5.74) is 5.70. The van der Waals surface area contributed by atoms with Gasteiger partial charge in [-0.05, 0) is 47.7 Å². The first-order valence-electron chi connectivity index (χ1n) is 12.9. The second-order valence-electron chi connectivity index (χ2n) is 9.67. The summed E-state index contributed by atoms with van der Waals surface area (Å²) in [5.74, 6) is 1.11. The fourth-order valence-corrected chi connectivity index (χ4v) is 6.75. The SMILES string of the molecule is COc1ccc([C@@H]2CC(c3cccs3)=NN2C(=O)CSc2cn(Cc3cccc(C)c3)c3ccccc23)cc1. The van der Waals surface area contributed by atoms with Crippen LogP contribution in [0.1, 0.15) is 34.0 Å². The second kappa shape index (κ2) is 11.1. The zero-order valence-corrected chi connectivity index (χ0v) is 23.5. The van der Waals surface area contributed by atoms with Crippen LogP contribution >= 0.6 is 23.1 Å². The minimum atomic E-state index is -0.135. The molecule has 196 valence electrons. The Morgan fingerprint density at radius 3 is 2.67 bits per heavy atom. The molecule has 39 heavy (non-hydrogen) atoms. The summed E-state index contributed by atoms with van der Waals surface area (Å²) in [4.78, 5) is 15.9. The molecule has 0 radical (unpaired) electrons. The molecule has 1 aliphatic heterocycles. The fraction of sp³-hybridized carbons (Fsp3) is 0.188. The Morgan fingerprint density at radius 2 is 1.90 bits per heavy atom. The topological polar surface area (TPSA) is 46.8 Å². The Labute approximate surface area is 236 Å². The number of thiophene rings is 1. The van der Waals surface area contributed by atoms with Crippen LogP contribution in [0.3, 0.4) is 0 Å². The van der Waals surface area contributed by atoms with Crippen LogP contribution in [0.15, 0.2) is 107 Å². The molecule has 2 aromatic heterocycles. The van der Waals surface area contributed by atoms with Crippen molar-refractivity contribution in [3.05, 3.63) is 118 Å². The molecule has 5 aromatic rings. The normalized spacial score (nSPS) is 15.1. The van der Waals surface area contributed by atoms with E-state index in [4.69, 9.17) is 9.84 Å². The molecule has 0 unspecified atom stereocenters. The molecule has 0 bridgehead atoms. The van der Waals surface area contributed by atoms with Gasteiger partial charge in [-0.2, -0.15) is 5.10 Å². The molecule has 3 aromatic carbocycles. The summed E-state index contributed by atoms with van der Waals surface area (Å²) < 4.78 is 7.62. The maximum Gasteiger partial charge on any atom is 0.253 e. The first-order valence-corrected chi connectivity index (χ1v) is 14.8. The summed E-state index contributed by atoms with van der Waals surface area (Å²) in [6.07, 6.45) is 2.87. The molecule has 0 spiro atoms. The number of ether oxygens (including phenoxy) is 1. The second-order valence-corrected chi connectivity index (χ2v) is 11.6. The number of aryl methyl sites for hydroxylation is 1. The summed E-state index contributed by atoms with van der Waals surface area (Å²) in [5, 5.41) is 9.74. The van der Waals surface area contributed by atoms with Gasteiger partial charge in [-0.1, -0.05) is 66.2 Å². The molecule has 5 nitrogen and oxygen atoms in total. The zero-order valence-electron chi connectivity index (χ0n) is 21.9. The van der Waals surface area contributed by atoms with Gasteiger partial charge in [0.15, 0.2) is 0 Å². The number of rotatable bonds is 8. The van der Waals surface area contributed by atoms with Gasteiger partial charge in [-0.15, -0.1) is 23.1 Å². The average Bonchev–Trinajstić information content (AvgIpc) is 3.71. The maximum absolute atomic E-state index is 13.7. The van der Waals surface area contributed by atoms with Crippen molar-refractivity contribution in [2.24, 2.45) is 5.10 Å². The van der Waals surface area contributed by atoms with Crippen molar-refractivity contribution in [3.63, 3.8) is 0 Å². The third-order valence-corrected chi connectivity index (χ3v) is 8.96. The monoisotopic (exact) mass is 551 g/mol. The molecule has 1 atom stereocenters. The van der Waals surface area contributed by atoms with Gasteiger partial charge in [0.1, 0.15) is 5.75 Å². The Kier molecular flexibility index (Phi) is 7.26. The molecular formula is C32H29N3O2S2. The van der Waals surface area contributed by atoms with E-state index < -0.39 is 0 Å². The van der Waals surface area contributed by atoms with Gasteiger partial charge in [0, 0.05) is 35.0 Å². The number of hydrogen-bond acceptors (Lipinski definition) is 5. The number of thioether (sulfide) groups is 1. The Morgan fingerprint density at radius 1 is 1.05 bits per heavy atom. The predicted octanol–water partition coefficient (Wildman–Crippen LogP) is 7.54. The van der Waals surface area contributed by atoms with Crippen molar-refractivity contribution in [1.29, 1.82) is 0 Å². The largest absolute Gasteiger partial charge is 0.497 e. The standard InChI is InChI=1S/C32H29N3O2S2/c1-22-7-5-8-23(17-22)19-34-20-31(26-9-3-4-10-28(26)34)39-21-32(36)35-29(24-12-14-25(37-2)15-13-24)18-27(33-35)30-11-6-16-38-30/h3-17,20,29H,18-19,21H2,1-2H3/t29-/m0/s1. The number of amides is 1. The average molecular weight is 552 g/mol.